The van der Waals surface area contributed by atoms with Crippen LogP contribution in [0.1, 0.15) is 41.6 Å². The smallest absolute Gasteiger partial charge is 0.257 e. The number of carbonyl (C=O) groups is 1. The van der Waals surface area contributed by atoms with Crippen LogP contribution in [0.3, 0.4) is 0 Å². The van der Waals surface area contributed by atoms with Crippen molar-refractivity contribution in [1.29, 1.82) is 0 Å². The maximum Gasteiger partial charge on any atom is 0.257 e. The Morgan fingerprint density at radius 2 is 1.86 bits per heavy atom. The van der Waals surface area contributed by atoms with E-state index in [4.69, 9.17) is 11.6 Å². The number of aromatic nitrogens is 2. The third kappa shape index (κ3) is 3.50. The van der Waals surface area contributed by atoms with E-state index in [-0.39, 0.29) is 5.91 Å². The highest BCUT2D eigenvalue weighted by Crippen LogP contribution is 2.17. The molecule has 2 heterocycles. The zero-order valence-electron chi connectivity index (χ0n) is 12.5. The molecule has 1 aliphatic rings. The highest BCUT2D eigenvalue weighted by atomic mass is 35.5. The molecule has 0 unspecified atom stereocenters. The van der Waals surface area contributed by atoms with Gasteiger partial charge < -0.3 is 4.90 Å². The van der Waals surface area contributed by atoms with Crippen molar-refractivity contribution in [3.63, 3.8) is 0 Å². The lowest BCUT2D eigenvalue weighted by molar-refractivity contribution is 0.0761. The molecule has 0 bridgehead atoms. The van der Waals surface area contributed by atoms with Gasteiger partial charge in [0.15, 0.2) is 0 Å². The highest BCUT2D eigenvalue weighted by molar-refractivity contribution is 6.31. The molecule has 0 N–H and O–H groups in total. The van der Waals surface area contributed by atoms with Crippen molar-refractivity contribution in [2.45, 2.75) is 32.2 Å². The minimum absolute atomic E-state index is 0.0901. The van der Waals surface area contributed by atoms with Crippen LogP contribution in [0.5, 0.6) is 0 Å². The molecular formula is C17H20ClN3O. The highest BCUT2D eigenvalue weighted by Gasteiger charge is 2.18. The summed E-state index contributed by atoms with van der Waals surface area (Å²) in [5, 5.41) is 5.02. The monoisotopic (exact) mass is 317 g/mol. The lowest BCUT2D eigenvalue weighted by Gasteiger charge is -2.19. The average molecular weight is 318 g/mol. The summed E-state index contributed by atoms with van der Waals surface area (Å²) in [5.41, 5.74) is 1.66. The Morgan fingerprint density at radius 1 is 1.14 bits per heavy atom. The van der Waals surface area contributed by atoms with Gasteiger partial charge in [-0.05, 0) is 24.5 Å². The average Bonchev–Trinajstić information content (AvgIpc) is 2.82. The molecule has 0 atom stereocenters. The van der Waals surface area contributed by atoms with Gasteiger partial charge in [0.1, 0.15) is 0 Å². The van der Waals surface area contributed by atoms with E-state index in [1.54, 1.807) is 10.9 Å². The number of halogens is 1. The molecule has 1 saturated heterocycles. The summed E-state index contributed by atoms with van der Waals surface area (Å²) >= 11 is 6.17. The van der Waals surface area contributed by atoms with Gasteiger partial charge in [0, 0.05) is 24.3 Å². The molecule has 1 amide bonds. The molecule has 1 aliphatic heterocycles. The Morgan fingerprint density at radius 3 is 2.59 bits per heavy atom. The summed E-state index contributed by atoms with van der Waals surface area (Å²) in [4.78, 5) is 14.5. The Bertz CT molecular complexity index is 645. The third-order valence-corrected chi connectivity index (χ3v) is 4.43. The van der Waals surface area contributed by atoms with E-state index < -0.39 is 0 Å². The first-order chi connectivity index (χ1) is 10.7. The maximum absolute atomic E-state index is 12.5. The van der Waals surface area contributed by atoms with Gasteiger partial charge in [-0.25, -0.2) is 0 Å². The number of benzene rings is 1. The molecule has 0 spiro atoms. The van der Waals surface area contributed by atoms with E-state index in [0.717, 1.165) is 36.5 Å². The normalized spacial score (nSPS) is 15.6. The van der Waals surface area contributed by atoms with Crippen LogP contribution in [0.15, 0.2) is 36.7 Å². The topological polar surface area (TPSA) is 38.1 Å². The van der Waals surface area contributed by atoms with Gasteiger partial charge in [-0.1, -0.05) is 42.6 Å². The number of hydrogen-bond donors (Lipinski definition) is 0. The maximum atomic E-state index is 12.5. The molecule has 4 nitrogen and oxygen atoms in total. The molecule has 22 heavy (non-hydrogen) atoms. The molecule has 1 aromatic heterocycles. The summed E-state index contributed by atoms with van der Waals surface area (Å²) in [6.45, 7) is 2.29. The second-order valence-electron chi connectivity index (χ2n) is 5.72. The fraction of sp³-hybridized carbons (Fsp3) is 0.412. The summed E-state index contributed by atoms with van der Waals surface area (Å²) < 4.78 is 1.77. The SMILES string of the molecule is O=C(c1cnn(Cc2ccccc2Cl)c1)N1CCCCCC1. The van der Waals surface area contributed by atoms with Crippen molar-refractivity contribution in [2.75, 3.05) is 13.1 Å². The van der Waals surface area contributed by atoms with Crippen LogP contribution in [0.4, 0.5) is 0 Å². The molecule has 1 aromatic carbocycles. The van der Waals surface area contributed by atoms with Crippen LogP contribution in [-0.2, 0) is 6.54 Å². The van der Waals surface area contributed by atoms with Gasteiger partial charge in [-0.3, -0.25) is 9.48 Å². The van der Waals surface area contributed by atoms with E-state index in [0.29, 0.717) is 12.1 Å². The van der Waals surface area contributed by atoms with Gasteiger partial charge >= 0.3 is 0 Å². The fourth-order valence-corrected chi connectivity index (χ4v) is 3.01. The van der Waals surface area contributed by atoms with Gasteiger partial charge in [0.05, 0.1) is 18.3 Å². The second kappa shape index (κ2) is 6.97. The molecule has 0 radical (unpaired) electrons. The molecule has 116 valence electrons. The Hall–Kier alpha value is -1.81. The minimum Gasteiger partial charge on any atom is -0.339 e. The standard InChI is InChI=1S/C17H20ClN3O/c18-16-8-4-3-7-14(16)12-21-13-15(11-19-21)17(22)20-9-5-1-2-6-10-20/h3-4,7-8,11,13H,1-2,5-6,9-10,12H2. The largest absolute Gasteiger partial charge is 0.339 e. The number of nitrogens with zero attached hydrogens (tertiary/aromatic N) is 3. The number of hydrogen-bond acceptors (Lipinski definition) is 2. The van der Waals surface area contributed by atoms with Crippen molar-refractivity contribution >= 4 is 17.5 Å². The minimum atomic E-state index is 0.0901. The van der Waals surface area contributed by atoms with E-state index in [9.17, 15) is 4.79 Å². The fourth-order valence-electron chi connectivity index (χ4n) is 2.82. The quantitative estimate of drug-likeness (QED) is 0.867. The lowest BCUT2D eigenvalue weighted by Crippen LogP contribution is -2.31. The van der Waals surface area contributed by atoms with Crippen molar-refractivity contribution in [1.82, 2.24) is 14.7 Å². The van der Waals surface area contributed by atoms with Gasteiger partial charge in [0.25, 0.3) is 5.91 Å². The molecule has 2 aromatic rings. The summed E-state index contributed by atoms with van der Waals surface area (Å²) in [7, 11) is 0. The number of rotatable bonds is 3. The van der Waals surface area contributed by atoms with Crippen LogP contribution in [0.25, 0.3) is 0 Å². The van der Waals surface area contributed by atoms with Crippen molar-refractivity contribution < 1.29 is 4.79 Å². The molecule has 5 heteroatoms. The molecular weight excluding hydrogens is 298 g/mol. The van der Waals surface area contributed by atoms with Crippen molar-refractivity contribution in [3.8, 4) is 0 Å². The summed E-state index contributed by atoms with van der Waals surface area (Å²) in [6.07, 6.45) is 8.10. The first kappa shape index (κ1) is 15.1. The van der Waals surface area contributed by atoms with E-state index in [1.165, 1.54) is 12.8 Å². The first-order valence-corrected chi connectivity index (χ1v) is 8.17. The predicted octanol–water partition coefficient (Wildman–Crippen LogP) is 3.60. The first-order valence-electron chi connectivity index (χ1n) is 7.79. The van der Waals surface area contributed by atoms with Gasteiger partial charge in [-0.2, -0.15) is 5.10 Å². The van der Waals surface area contributed by atoms with Crippen molar-refractivity contribution in [3.05, 3.63) is 52.8 Å². The zero-order chi connectivity index (χ0) is 15.4. The molecule has 3 rings (SSSR count). The van der Waals surface area contributed by atoms with E-state index in [1.807, 2.05) is 35.4 Å². The Labute approximate surface area is 135 Å². The summed E-state index contributed by atoms with van der Waals surface area (Å²) in [5.74, 6) is 0.0901. The van der Waals surface area contributed by atoms with Crippen molar-refractivity contribution in [2.24, 2.45) is 0 Å². The second-order valence-corrected chi connectivity index (χ2v) is 6.13. The lowest BCUT2D eigenvalue weighted by atomic mass is 10.2. The van der Waals surface area contributed by atoms with E-state index >= 15 is 0 Å². The van der Waals surface area contributed by atoms with Gasteiger partial charge in [0.2, 0.25) is 0 Å². The van der Waals surface area contributed by atoms with Gasteiger partial charge in [-0.15, -0.1) is 0 Å². The zero-order valence-corrected chi connectivity index (χ0v) is 13.3. The van der Waals surface area contributed by atoms with Crippen LogP contribution < -0.4 is 0 Å². The number of likely N-dealkylation sites (tertiary alicyclic amines) is 1. The molecule has 0 aliphatic carbocycles. The molecule has 1 fully saturated rings. The van der Waals surface area contributed by atoms with Crippen LogP contribution >= 0.6 is 11.6 Å². The third-order valence-electron chi connectivity index (χ3n) is 4.06. The number of amides is 1. The van der Waals surface area contributed by atoms with Crippen LogP contribution in [-0.4, -0.2) is 33.7 Å². The number of carbonyl (C=O) groups excluding carboxylic acids is 1. The summed E-state index contributed by atoms with van der Waals surface area (Å²) in [6, 6.07) is 7.70. The van der Waals surface area contributed by atoms with Crippen LogP contribution in [0, 0.1) is 0 Å². The van der Waals surface area contributed by atoms with Crippen LogP contribution in [0.2, 0.25) is 5.02 Å². The Kier molecular flexibility index (Phi) is 4.78. The molecule has 0 saturated carbocycles. The Balaban J connectivity index is 1.70. The predicted molar refractivity (Wildman–Crippen MR) is 87.2 cm³/mol. The van der Waals surface area contributed by atoms with E-state index in [2.05, 4.69) is 5.10 Å².